The summed E-state index contributed by atoms with van der Waals surface area (Å²) in [5.74, 6) is -1.56. The first-order chi connectivity index (χ1) is 15.7. The number of hydrogen-bond donors (Lipinski definition) is 1. The molecule has 0 radical (unpaired) electrons. The van der Waals surface area contributed by atoms with Crippen LogP contribution < -0.4 is 9.64 Å². The lowest BCUT2D eigenvalue weighted by Gasteiger charge is -2.27. The third kappa shape index (κ3) is 4.20. The number of aryl methyl sites for hydroxylation is 1. The fourth-order valence-electron chi connectivity index (χ4n) is 3.93. The molecule has 8 heteroatoms. The van der Waals surface area contributed by atoms with Crippen molar-refractivity contribution in [2.24, 2.45) is 0 Å². The van der Waals surface area contributed by atoms with Crippen LogP contribution in [0.1, 0.15) is 22.7 Å². The largest absolute Gasteiger partial charge is 0.507 e. The van der Waals surface area contributed by atoms with Crippen molar-refractivity contribution in [1.29, 1.82) is 0 Å². The molecule has 5 nitrogen and oxygen atoms in total. The summed E-state index contributed by atoms with van der Waals surface area (Å²) in [4.78, 5) is 27.8. The molecule has 1 atom stereocenters. The van der Waals surface area contributed by atoms with Gasteiger partial charge in [0.25, 0.3) is 11.7 Å². The van der Waals surface area contributed by atoms with Gasteiger partial charge >= 0.3 is 0 Å². The van der Waals surface area contributed by atoms with Crippen LogP contribution in [0.5, 0.6) is 5.75 Å². The summed E-state index contributed by atoms with van der Waals surface area (Å²) in [6, 6.07) is 15.7. The summed E-state index contributed by atoms with van der Waals surface area (Å²) in [7, 11) is 1.47. The number of nitrogens with zero attached hydrogens (tertiary/aromatic N) is 1. The maximum Gasteiger partial charge on any atom is 0.300 e. The number of amides is 1. The first-order valence-corrected chi connectivity index (χ1v) is 11.0. The maximum absolute atomic E-state index is 13.2. The second-order valence-electron chi connectivity index (χ2n) is 7.50. The van der Waals surface area contributed by atoms with E-state index in [2.05, 4.69) is 0 Å². The molecule has 0 saturated carbocycles. The second kappa shape index (κ2) is 9.10. The molecule has 1 aliphatic rings. The second-order valence-corrected chi connectivity index (χ2v) is 8.78. The molecule has 1 heterocycles. The van der Waals surface area contributed by atoms with Crippen molar-refractivity contribution in [3.8, 4) is 5.75 Å². The zero-order valence-corrected chi connectivity index (χ0v) is 19.9. The number of methoxy groups -OCH3 is 1. The van der Waals surface area contributed by atoms with Gasteiger partial charge in [0.1, 0.15) is 11.5 Å². The van der Waals surface area contributed by atoms with Gasteiger partial charge in [-0.15, -0.1) is 0 Å². The van der Waals surface area contributed by atoms with Crippen LogP contribution in [-0.4, -0.2) is 23.9 Å². The molecular formula is C25H18Cl3NO4. The average Bonchev–Trinajstić information content (AvgIpc) is 3.03. The minimum Gasteiger partial charge on any atom is -0.507 e. The highest BCUT2D eigenvalue weighted by molar-refractivity contribution is 6.52. The summed E-state index contributed by atoms with van der Waals surface area (Å²) in [5, 5.41) is 12.1. The summed E-state index contributed by atoms with van der Waals surface area (Å²) in [5.41, 5.74) is 2.07. The van der Waals surface area contributed by atoms with Crippen molar-refractivity contribution in [1.82, 2.24) is 0 Å². The third-order valence-electron chi connectivity index (χ3n) is 5.48. The Morgan fingerprint density at radius 2 is 1.64 bits per heavy atom. The topological polar surface area (TPSA) is 66.8 Å². The number of anilines is 1. The Bertz CT molecular complexity index is 1300. The van der Waals surface area contributed by atoms with Crippen molar-refractivity contribution in [2.45, 2.75) is 13.0 Å². The van der Waals surface area contributed by atoms with Crippen LogP contribution in [0.4, 0.5) is 5.69 Å². The van der Waals surface area contributed by atoms with E-state index in [0.29, 0.717) is 27.0 Å². The molecule has 3 aromatic rings. The van der Waals surface area contributed by atoms with Crippen molar-refractivity contribution in [3.05, 3.63) is 98.0 Å². The van der Waals surface area contributed by atoms with E-state index in [1.165, 1.54) is 24.1 Å². The summed E-state index contributed by atoms with van der Waals surface area (Å²) in [6.07, 6.45) is 0. The molecule has 168 valence electrons. The number of Topliss-reactive ketones (excluding diaryl/α,β-unsaturated/α-hetero) is 1. The molecule has 1 aliphatic heterocycles. The first-order valence-electron chi connectivity index (χ1n) is 9.89. The highest BCUT2D eigenvalue weighted by Gasteiger charge is 2.47. The van der Waals surface area contributed by atoms with E-state index in [0.717, 1.165) is 5.56 Å². The van der Waals surface area contributed by atoms with Crippen molar-refractivity contribution < 1.29 is 19.4 Å². The van der Waals surface area contributed by atoms with Crippen LogP contribution in [0.25, 0.3) is 5.76 Å². The lowest BCUT2D eigenvalue weighted by Crippen LogP contribution is -2.29. The SMILES string of the molecule is COc1ccc(/C(O)=C2\C(=O)C(=O)N(c3cc(Cl)cc(Cl)c3)C2c2ccccc2C)cc1Cl. The van der Waals surface area contributed by atoms with E-state index in [1.54, 1.807) is 36.4 Å². The van der Waals surface area contributed by atoms with E-state index in [4.69, 9.17) is 39.5 Å². The van der Waals surface area contributed by atoms with E-state index >= 15 is 0 Å². The molecule has 1 amide bonds. The van der Waals surface area contributed by atoms with Crippen LogP contribution >= 0.6 is 34.8 Å². The molecule has 33 heavy (non-hydrogen) atoms. The van der Waals surface area contributed by atoms with Crippen LogP contribution in [0.2, 0.25) is 15.1 Å². The Morgan fingerprint density at radius 1 is 0.970 bits per heavy atom. The molecule has 4 rings (SSSR count). The first kappa shape index (κ1) is 23.2. The van der Waals surface area contributed by atoms with Gasteiger partial charge in [0.15, 0.2) is 0 Å². The van der Waals surface area contributed by atoms with Gasteiger partial charge in [-0.25, -0.2) is 0 Å². The van der Waals surface area contributed by atoms with Gasteiger partial charge in [-0.2, -0.15) is 0 Å². The lowest BCUT2D eigenvalue weighted by molar-refractivity contribution is -0.132. The van der Waals surface area contributed by atoms with E-state index in [1.807, 2.05) is 19.1 Å². The average molecular weight is 503 g/mol. The number of ketones is 1. The van der Waals surface area contributed by atoms with Crippen LogP contribution in [0.3, 0.4) is 0 Å². The fraction of sp³-hybridized carbons (Fsp3) is 0.120. The lowest BCUT2D eigenvalue weighted by atomic mass is 9.92. The van der Waals surface area contributed by atoms with Crippen molar-refractivity contribution in [2.75, 3.05) is 12.0 Å². The number of carbonyl (C=O) groups excluding carboxylic acids is 2. The van der Waals surface area contributed by atoms with Crippen molar-refractivity contribution in [3.63, 3.8) is 0 Å². The van der Waals surface area contributed by atoms with E-state index in [9.17, 15) is 14.7 Å². The number of ether oxygens (including phenoxy) is 1. The number of halogens is 3. The van der Waals surface area contributed by atoms with E-state index in [-0.39, 0.29) is 21.9 Å². The summed E-state index contributed by atoms with van der Waals surface area (Å²) in [6.45, 7) is 1.87. The third-order valence-corrected chi connectivity index (χ3v) is 6.21. The molecule has 1 unspecified atom stereocenters. The molecular weight excluding hydrogens is 485 g/mol. The van der Waals surface area contributed by atoms with Gasteiger partial charge in [-0.05, 0) is 54.4 Å². The van der Waals surface area contributed by atoms with Gasteiger partial charge in [-0.3, -0.25) is 14.5 Å². The van der Waals surface area contributed by atoms with Gasteiger partial charge < -0.3 is 9.84 Å². The molecule has 0 aromatic heterocycles. The predicted molar refractivity (Wildman–Crippen MR) is 130 cm³/mol. The zero-order chi connectivity index (χ0) is 23.9. The Hall–Kier alpha value is -2.99. The summed E-state index contributed by atoms with van der Waals surface area (Å²) >= 11 is 18.6. The number of carbonyl (C=O) groups is 2. The van der Waals surface area contributed by atoms with Crippen LogP contribution in [0, 0.1) is 6.92 Å². The van der Waals surface area contributed by atoms with Gasteiger partial charge in [0, 0.05) is 21.3 Å². The predicted octanol–water partition coefficient (Wildman–Crippen LogP) is 6.59. The molecule has 0 spiro atoms. The Labute approximate surface area is 205 Å². The van der Waals surface area contributed by atoms with Crippen LogP contribution in [0.15, 0.2) is 66.2 Å². The smallest absolute Gasteiger partial charge is 0.300 e. The molecule has 0 bridgehead atoms. The molecule has 1 fully saturated rings. The monoisotopic (exact) mass is 501 g/mol. The molecule has 3 aromatic carbocycles. The Balaban J connectivity index is 1.98. The summed E-state index contributed by atoms with van der Waals surface area (Å²) < 4.78 is 5.16. The highest BCUT2D eigenvalue weighted by Crippen LogP contribution is 2.44. The minimum atomic E-state index is -0.901. The number of aliphatic hydroxyl groups excluding tert-OH is 1. The Kier molecular flexibility index (Phi) is 6.39. The number of rotatable bonds is 4. The zero-order valence-electron chi connectivity index (χ0n) is 17.6. The Morgan fingerprint density at radius 3 is 2.24 bits per heavy atom. The molecule has 1 saturated heterocycles. The molecule has 1 N–H and O–H groups in total. The standard InChI is InChI=1S/C25H18Cl3NO4/c1-13-5-3-4-6-18(13)22-21(23(30)14-7-8-20(33-2)19(28)9-14)24(31)25(32)29(22)17-11-15(26)10-16(27)12-17/h3-12,22,30H,1-2H3/b23-21+. The highest BCUT2D eigenvalue weighted by atomic mass is 35.5. The normalized spacial score (nSPS) is 17.5. The van der Waals surface area contributed by atoms with Gasteiger partial charge in [0.2, 0.25) is 0 Å². The number of hydrogen-bond acceptors (Lipinski definition) is 4. The quantitative estimate of drug-likeness (QED) is 0.248. The fourth-order valence-corrected chi connectivity index (χ4v) is 4.71. The van der Waals surface area contributed by atoms with Crippen LogP contribution in [-0.2, 0) is 9.59 Å². The number of benzene rings is 3. The van der Waals surface area contributed by atoms with E-state index < -0.39 is 17.7 Å². The van der Waals surface area contributed by atoms with Crippen molar-refractivity contribution >= 4 is 57.9 Å². The maximum atomic E-state index is 13.2. The minimum absolute atomic E-state index is 0.0633. The molecule has 0 aliphatic carbocycles. The van der Waals surface area contributed by atoms with Gasteiger partial charge in [0.05, 0.1) is 23.7 Å². The number of aliphatic hydroxyl groups is 1. The van der Waals surface area contributed by atoms with Gasteiger partial charge in [-0.1, -0.05) is 59.1 Å².